The minimum absolute atomic E-state index is 0.00218. The second-order valence-corrected chi connectivity index (χ2v) is 7.59. The van der Waals surface area contributed by atoms with E-state index in [1.54, 1.807) is 0 Å². The highest BCUT2D eigenvalue weighted by molar-refractivity contribution is 5.94. The zero-order valence-electron chi connectivity index (χ0n) is 18.4. The van der Waals surface area contributed by atoms with Gasteiger partial charge in [-0.1, -0.05) is 12.1 Å². The van der Waals surface area contributed by atoms with E-state index in [0.29, 0.717) is 11.3 Å². The van der Waals surface area contributed by atoms with Gasteiger partial charge >= 0.3 is 11.9 Å². The minimum atomic E-state index is -1.52. The molecule has 1 aromatic carbocycles. The number of aromatic nitrogens is 2. The Kier molecular flexibility index (Phi) is 9.71. The van der Waals surface area contributed by atoms with Crippen molar-refractivity contribution in [3.05, 3.63) is 48.0 Å². The molecule has 14 nitrogen and oxygen atoms in total. The first-order valence-corrected chi connectivity index (χ1v) is 10.4. The van der Waals surface area contributed by atoms with E-state index in [0.717, 1.165) is 0 Å². The topological polar surface area (TPSA) is 237 Å². The highest BCUT2D eigenvalue weighted by Crippen LogP contribution is 2.11. The molecule has 2 aromatic rings. The number of carboxylic acids is 2. The van der Waals surface area contributed by atoms with Gasteiger partial charge in [0, 0.05) is 24.7 Å². The van der Waals surface area contributed by atoms with Crippen LogP contribution < -0.4 is 21.7 Å². The molecule has 188 valence electrons. The molecule has 3 unspecified atom stereocenters. The third kappa shape index (κ3) is 9.13. The Bertz CT molecular complexity index is 1040. The molecule has 1 aromatic heterocycles. The Hall–Kier alpha value is -4.46. The van der Waals surface area contributed by atoms with E-state index in [9.17, 15) is 34.2 Å². The molecule has 14 heteroatoms. The smallest absolute Gasteiger partial charge is 0.326 e. The standard InChI is InChI=1S/C21H26N6O8/c22-14(6-12-8-23-10-25-12)19(32)27-15(7-18(30)31)20(33)24-9-17(29)26-16(21(34)35)5-11-1-3-13(28)4-2-11/h1-4,8,10,14-16,28H,5-7,9,22H2,(H,23,25)(H,24,33)(H,26,29)(H,27,32)(H,30,31)(H,34,35). The molecule has 0 aliphatic heterocycles. The number of aromatic amines is 1. The van der Waals surface area contributed by atoms with Gasteiger partial charge in [-0.25, -0.2) is 9.78 Å². The van der Waals surface area contributed by atoms with Gasteiger partial charge in [-0.05, 0) is 17.7 Å². The number of aromatic hydroxyl groups is 1. The number of imidazole rings is 1. The number of carboxylic acid groups (broad SMARTS) is 2. The molecule has 9 N–H and O–H groups in total. The molecule has 3 atom stereocenters. The van der Waals surface area contributed by atoms with E-state index in [1.165, 1.54) is 36.8 Å². The monoisotopic (exact) mass is 490 g/mol. The van der Waals surface area contributed by atoms with Crippen LogP contribution in [0.5, 0.6) is 5.75 Å². The van der Waals surface area contributed by atoms with Gasteiger partial charge in [0.1, 0.15) is 17.8 Å². The predicted molar refractivity (Wildman–Crippen MR) is 119 cm³/mol. The molecule has 0 bridgehead atoms. The normalized spacial score (nSPS) is 13.2. The molecule has 2 rings (SSSR count). The van der Waals surface area contributed by atoms with Crippen molar-refractivity contribution in [2.75, 3.05) is 6.54 Å². The lowest BCUT2D eigenvalue weighted by Gasteiger charge is -2.20. The largest absolute Gasteiger partial charge is 0.508 e. The lowest BCUT2D eigenvalue weighted by Crippen LogP contribution is -2.54. The molecule has 0 aliphatic rings. The third-order valence-corrected chi connectivity index (χ3v) is 4.78. The summed E-state index contributed by atoms with van der Waals surface area (Å²) in [5.74, 6) is -5.30. The van der Waals surface area contributed by atoms with E-state index < -0.39 is 60.8 Å². The Balaban J connectivity index is 1.91. The SMILES string of the molecule is NC(Cc1cnc[nH]1)C(=O)NC(CC(=O)O)C(=O)NCC(=O)NC(Cc1ccc(O)cc1)C(=O)O. The van der Waals surface area contributed by atoms with Crippen LogP contribution in [0.25, 0.3) is 0 Å². The number of nitrogens with two attached hydrogens (primary N) is 1. The summed E-state index contributed by atoms with van der Waals surface area (Å²) < 4.78 is 0. The Labute approximate surface area is 198 Å². The van der Waals surface area contributed by atoms with E-state index in [4.69, 9.17) is 10.8 Å². The number of hydrogen-bond acceptors (Lipinski definition) is 8. The number of nitrogens with zero attached hydrogens (tertiary/aromatic N) is 1. The van der Waals surface area contributed by atoms with Crippen molar-refractivity contribution in [1.82, 2.24) is 25.9 Å². The Morgan fingerprint density at radius 1 is 0.971 bits per heavy atom. The predicted octanol–water partition coefficient (Wildman–Crippen LogP) is -2.13. The summed E-state index contributed by atoms with van der Waals surface area (Å²) in [7, 11) is 0. The molecule has 0 saturated carbocycles. The number of rotatable bonds is 13. The van der Waals surface area contributed by atoms with Gasteiger partial charge < -0.3 is 42.0 Å². The lowest BCUT2D eigenvalue weighted by atomic mass is 10.1. The number of aliphatic carboxylic acids is 2. The van der Waals surface area contributed by atoms with Gasteiger partial charge in [-0.2, -0.15) is 0 Å². The van der Waals surface area contributed by atoms with Crippen LogP contribution >= 0.6 is 0 Å². The quantitative estimate of drug-likeness (QED) is 0.152. The van der Waals surface area contributed by atoms with Crippen molar-refractivity contribution < 1.29 is 39.3 Å². The van der Waals surface area contributed by atoms with E-state index in [1.807, 2.05) is 0 Å². The molecular weight excluding hydrogens is 464 g/mol. The average Bonchev–Trinajstić information content (AvgIpc) is 3.30. The molecule has 0 fully saturated rings. The molecule has 0 spiro atoms. The van der Waals surface area contributed by atoms with Crippen molar-refractivity contribution in [2.45, 2.75) is 37.4 Å². The van der Waals surface area contributed by atoms with Gasteiger partial charge in [0.15, 0.2) is 0 Å². The van der Waals surface area contributed by atoms with Crippen LogP contribution in [0.4, 0.5) is 0 Å². The zero-order valence-corrected chi connectivity index (χ0v) is 18.4. The Morgan fingerprint density at radius 3 is 2.23 bits per heavy atom. The van der Waals surface area contributed by atoms with Gasteiger partial charge in [-0.3, -0.25) is 19.2 Å². The minimum Gasteiger partial charge on any atom is -0.508 e. The molecule has 35 heavy (non-hydrogen) atoms. The third-order valence-electron chi connectivity index (χ3n) is 4.78. The number of amides is 3. The fraction of sp³-hybridized carbons (Fsp3) is 0.333. The summed E-state index contributed by atoms with van der Waals surface area (Å²) in [5, 5.41) is 34.4. The maximum absolute atomic E-state index is 12.4. The van der Waals surface area contributed by atoms with Crippen molar-refractivity contribution in [3.8, 4) is 5.75 Å². The highest BCUT2D eigenvalue weighted by atomic mass is 16.4. The fourth-order valence-electron chi connectivity index (χ4n) is 2.99. The van der Waals surface area contributed by atoms with Crippen molar-refractivity contribution in [3.63, 3.8) is 0 Å². The lowest BCUT2D eigenvalue weighted by molar-refractivity contribution is -0.142. The van der Waals surface area contributed by atoms with Crippen LogP contribution in [0.15, 0.2) is 36.8 Å². The van der Waals surface area contributed by atoms with E-state index in [-0.39, 0.29) is 18.6 Å². The first-order chi connectivity index (χ1) is 16.5. The summed E-state index contributed by atoms with van der Waals surface area (Å²) in [4.78, 5) is 66.1. The second kappa shape index (κ2) is 12.7. The van der Waals surface area contributed by atoms with Crippen LogP contribution in [-0.4, -0.2) is 79.6 Å². The molecule has 0 saturated heterocycles. The van der Waals surface area contributed by atoms with Gasteiger partial charge in [-0.15, -0.1) is 0 Å². The van der Waals surface area contributed by atoms with Gasteiger partial charge in [0.2, 0.25) is 17.7 Å². The van der Waals surface area contributed by atoms with Gasteiger partial charge in [0.05, 0.1) is 25.3 Å². The summed E-state index contributed by atoms with van der Waals surface area (Å²) in [6.45, 7) is -0.662. The molecule has 1 heterocycles. The molecular formula is C21H26N6O8. The number of hydrogen-bond donors (Lipinski definition) is 8. The maximum Gasteiger partial charge on any atom is 0.326 e. The fourth-order valence-corrected chi connectivity index (χ4v) is 2.99. The first-order valence-electron chi connectivity index (χ1n) is 10.4. The molecule has 0 radical (unpaired) electrons. The maximum atomic E-state index is 12.4. The average molecular weight is 490 g/mol. The number of carbonyl (C=O) groups excluding carboxylic acids is 3. The van der Waals surface area contributed by atoms with Crippen molar-refractivity contribution in [1.29, 1.82) is 0 Å². The van der Waals surface area contributed by atoms with Crippen LogP contribution in [0, 0.1) is 0 Å². The van der Waals surface area contributed by atoms with E-state index >= 15 is 0 Å². The second-order valence-electron chi connectivity index (χ2n) is 7.59. The first kappa shape index (κ1) is 26.8. The summed E-state index contributed by atoms with van der Waals surface area (Å²) in [6, 6.07) is 1.79. The number of H-pyrrole nitrogens is 1. The summed E-state index contributed by atoms with van der Waals surface area (Å²) in [5.41, 5.74) is 6.89. The Morgan fingerprint density at radius 2 is 1.66 bits per heavy atom. The highest BCUT2D eigenvalue weighted by Gasteiger charge is 2.27. The number of benzene rings is 1. The van der Waals surface area contributed by atoms with Crippen LogP contribution in [0.3, 0.4) is 0 Å². The number of carbonyl (C=O) groups is 5. The van der Waals surface area contributed by atoms with E-state index in [2.05, 4.69) is 25.9 Å². The van der Waals surface area contributed by atoms with Crippen LogP contribution in [0.2, 0.25) is 0 Å². The summed E-state index contributed by atoms with van der Waals surface area (Å²) >= 11 is 0. The summed E-state index contributed by atoms with van der Waals surface area (Å²) in [6.07, 6.45) is 2.06. The zero-order chi connectivity index (χ0) is 26.0. The van der Waals surface area contributed by atoms with Crippen molar-refractivity contribution >= 4 is 29.7 Å². The molecule has 0 aliphatic carbocycles. The number of nitrogens with one attached hydrogen (secondary N) is 4. The van der Waals surface area contributed by atoms with Crippen LogP contribution in [-0.2, 0) is 36.8 Å². The molecule has 3 amide bonds. The number of phenols is 1. The van der Waals surface area contributed by atoms with Crippen LogP contribution in [0.1, 0.15) is 17.7 Å². The van der Waals surface area contributed by atoms with Gasteiger partial charge in [0.25, 0.3) is 0 Å². The number of phenolic OH excluding ortho intramolecular Hbond substituents is 1. The van der Waals surface area contributed by atoms with Crippen molar-refractivity contribution in [2.24, 2.45) is 5.73 Å².